The van der Waals surface area contributed by atoms with Gasteiger partial charge < -0.3 is 5.32 Å². The summed E-state index contributed by atoms with van der Waals surface area (Å²) in [4.78, 5) is 15.0. The fourth-order valence-corrected chi connectivity index (χ4v) is 5.83. The summed E-state index contributed by atoms with van der Waals surface area (Å²) in [5, 5.41) is 2.95. The zero-order valence-corrected chi connectivity index (χ0v) is 20.7. The summed E-state index contributed by atoms with van der Waals surface area (Å²) in [6.07, 6.45) is 1.95. The number of anilines is 2. The maximum Gasteiger partial charge on any atom is 0.264 e. The minimum atomic E-state index is -3.70. The van der Waals surface area contributed by atoms with Crippen LogP contribution in [0.3, 0.4) is 0 Å². The molecule has 5 nitrogen and oxygen atoms in total. The molecule has 0 saturated heterocycles. The van der Waals surface area contributed by atoms with Crippen LogP contribution in [0.4, 0.5) is 11.4 Å². The van der Waals surface area contributed by atoms with Crippen molar-refractivity contribution in [3.05, 3.63) is 78.4 Å². The fraction of sp³-hybridized carbons (Fsp3) is 0.208. The van der Waals surface area contributed by atoms with Crippen molar-refractivity contribution in [3.63, 3.8) is 0 Å². The van der Waals surface area contributed by atoms with Crippen LogP contribution in [0.2, 0.25) is 0 Å². The van der Waals surface area contributed by atoms with E-state index in [0.717, 1.165) is 21.2 Å². The minimum absolute atomic E-state index is 0.237. The predicted molar refractivity (Wildman–Crippen MR) is 136 cm³/mol. The van der Waals surface area contributed by atoms with Crippen molar-refractivity contribution in [2.75, 3.05) is 28.2 Å². The molecule has 0 aliphatic heterocycles. The first-order chi connectivity index (χ1) is 15.4. The summed E-state index contributed by atoms with van der Waals surface area (Å²) >= 11 is 3.22. The van der Waals surface area contributed by atoms with Crippen molar-refractivity contribution in [1.82, 2.24) is 0 Å². The molecule has 1 amide bonds. The molecule has 168 valence electrons. The molecule has 0 aromatic heterocycles. The Balaban J connectivity index is 1.80. The number of amides is 1. The minimum Gasteiger partial charge on any atom is -0.321 e. The lowest BCUT2D eigenvalue weighted by atomic mass is 10.2. The monoisotopic (exact) mass is 486 g/mol. The van der Waals surface area contributed by atoms with Crippen LogP contribution in [0.25, 0.3) is 0 Å². The molecule has 0 unspecified atom stereocenters. The number of para-hydroxylation sites is 1. The molecule has 0 aliphatic rings. The van der Waals surface area contributed by atoms with Crippen molar-refractivity contribution in [3.8, 4) is 0 Å². The molecule has 3 rings (SSSR count). The molecule has 3 aromatic rings. The van der Waals surface area contributed by atoms with E-state index < -0.39 is 10.0 Å². The molecule has 0 aliphatic carbocycles. The Kier molecular flexibility index (Phi) is 8.28. The second-order valence-corrected chi connectivity index (χ2v) is 10.8. The summed E-state index contributed by atoms with van der Waals surface area (Å²) < 4.78 is 27.7. The lowest BCUT2D eigenvalue weighted by molar-refractivity contribution is 0.102. The second-order valence-electron chi connectivity index (χ2n) is 6.78. The largest absolute Gasteiger partial charge is 0.321 e. The molecule has 0 bridgehead atoms. The van der Waals surface area contributed by atoms with E-state index in [9.17, 15) is 13.2 Å². The van der Waals surface area contributed by atoms with Crippen LogP contribution < -0.4 is 9.62 Å². The van der Waals surface area contributed by atoms with Gasteiger partial charge >= 0.3 is 0 Å². The molecular weight excluding hydrogens is 460 g/mol. The first-order valence-electron chi connectivity index (χ1n) is 10.2. The Hall–Kier alpha value is -2.42. The van der Waals surface area contributed by atoms with Gasteiger partial charge in [0.1, 0.15) is 0 Å². The maximum absolute atomic E-state index is 13.2. The van der Waals surface area contributed by atoms with E-state index in [-0.39, 0.29) is 17.3 Å². The van der Waals surface area contributed by atoms with Crippen LogP contribution in [0.5, 0.6) is 0 Å². The number of hydrogen-bond donors (Lipinski definition) is 1. The number of thioether (sulfide) groups is 2. The van der Waals surface area contributed by atoms with Crippen molar-refractivity contribution in [2.24, 2.45) is 0 Å². The Bertz CT molecular complexity index is 1160. The summed E-state index contributed by atoms with van der Waals surface area (Å²) in [6, 6.07) is 21.1. The third-order valence-electron chi connectivity index (χ3n) is 4.79. The topological polar surface area (TPSA) is 66.5 Å². The van der Waals surface area contributed by atoms with Crippen LogP contribution in [-0.2, 0) is 10.0 Å². The average Bonchev–Trinajstić information content (AvgIpc) is 2.81. The van der Waals surface area contributed by atoms with Gasteiger partial charge in [0.25, 0.3) is 15.9 Å². The molecule has 0 fully saturated rings. The SMILES string of the molecule is CCSc1ccccc1NC(=O)c1ccc(N(CC)S(=O)(=O)c2ccc(SC)cc2)cc1. The number of carbonyl (C=O) groups excluding carboxylic acids is 1. The molecule has 0 saturated carbocycles. The van der Waals surface area contributed by atoms with Gasteiger partial charge in [-0.05, 0) is 79.6 Å². The summed E-state index contributed by atoms with van der Waals surface area (Å²) in [7, 11) is -3.70. The van der Waals surface area contributed by atoms with Crippen LogP contribution in [0, 0.1) is 0 Å². The highest BCUT2D eigenvalue weighted by Crippen LogP contribution is 2.28. The Morgan fingerprint density at radius 1 is 0.938 bits per heavy atom. The van der Waals surface area contributed by atoms with Gasteiger partial charge in [-0.2, -0.15) is 0 Å². The number of nitrogens with zero attached hydrogens (tertiary/aromatic N) is 1. The lowest BCUT2D eigenvalue weighted by Gasteiger charge is -2.23. The molecule has 0 radical (unpaired) electrons. The van der Waals surface area contributed by atoms with E-state index in [2.05, 4.69) is 12.2 Å². The van der Waals surface area contributed by atoms with E-state index in [1.165, 1.54) is 4.31 Å². The van der Waals surface area contributed by atoms with Gasteiger partial charge in [-0.3, -0.25) is 9.10 Å². The summed E-state index contributed by atoms with van der Waals surface area (Å²) in [6.45, 7) is 4.13. The third-order valence-corrected chi connectivity index (χ3v) is 8.40. The number of carbonyl (C=O) groups is 1. The number of nitrogens with one attached hydrogen (secondary N) is 1. The molecule has 0 heterocycles. The van der Waals surface area contributed by atoms with E-state index in [1.807, 2.05) is 30.5 Å². The average molecular weight is 487 g/mol. The number of sulfonamides is 1. The standard InChI is InChI=1S/C24H26N2O3S3/c1-4-26(32(28,29)21-16-14-20(30-3)15-17-21)19-12-10-18(11-13-19)24(27)25-22-8-6-7-9-23(22)31-5-2/h6-17H,4-5H2,1-3H3,(H,25,27). The third kappa shape index (κ3) is 5.49. The number of benzene rings is 3. The van der Waals surface area contributed by atoms with Crippen molar-refractivity contribution < 1.29 is 13.2 Å². The Morgan fingerprint density at radius 3 is 2.19 bits per heavy atom. The van der Waals surface area contributed by atoms with Gasteiger partial charge in [0.05, 0.1) is 16.3 Å². The molecule has 0 atom stereocenters. The van der Waals surface area contributed by atoms with Gasteiger partial charge in [0.15, 0.2) is 0 Å². The quantitative estimate of drug-likeness (QED) is 0.377. The normalized spacial score (nSPS) is 11.2. The Morgan fingerprint density at radius 2 is 1.59 bits per heavy atom. The molecule has 3 aromatic carbocycles. The summed E-state index contributed by atoms with van der Waals surface area (Å²) in [5.74, 6) is 0.669. The van der Waals surface area contributed by atoms with E-state index in [0.29, 0.717) is 11.3 Å². The first-order valence-corrected chi connectivity index (χ1v) is 13.9. The van der Waals surface area contributed by atoms with Crippen LogP contribution >= 0.6 is 23.5 Å². The predicted octanol–water partition coefficient (Wildman–Crippen LogP) is 5.99. The van der Waals surface area contributed by atoms with Crippen molar-refractivity contribution >= 4 is 50.8 Å². The number of hydrogen-bond acceptors (Lipinski definition) is 5. The van der Waals surface area contributed by atoms with Crippen LogP contribution in [-0.4, -0.2) is 32.9 Å². The lowest BCUT2D eigenvalue weighted by Crippen LogP contribution is -2.30. The Labute approximate surface area is 198 Å². The summed E-state index contributed by atoms with van der Waals surface area (Å²) in [5.41, 5.74) is 1.74. The highest BCUT2D eigenvalue weighted by atomic mass is 32.2. The van der Waals surface area contributed by atoms with Crippen LogP contribution in [0.15, 0.2) is 87.5 Å². The maximum atomic E-state index is 13.2. The van der Waals surface area contributed by atoms with E-state index >= 15 is 0 Å². The molecule has 8 heteroatoms. The fourth-order valence-electron chi connectivity index (χ4n) is 3.19. The molecule has 0 spiro atoms. The molecule has 32 heavy (non-hydrogen) atoms. The highest BCUT2D eigenvalue weighted by Gasteiger charge is 2.23. The zero-order valence-electron chi connectivity index (χ0n) is 18.2. The van der Waals surface area contributed by atoms with Crippen molar-refractivity contribution in [2.45, 2.75) is 28.5 Å². The second kappa shape index (κ2) is 10.9. The zero-order chi connectivity index (χ0) is 23.1. The van der Waals surface area contributed by atoms with Crippen molar-refractivity contribution in [1.29, 1.82) is 0 Å². The van der Waals surface area contributed by atoms with Gasteiger partial charge in [-0.25, -0.2) is 8.42 Å². The van der Waals surface area contributed by atoms with Gasteiger partial charge in [0.2, 0.25) is 0 Å². The van der Waals surface area contributed by atoms with E-state index in [1.54, 1.807) is 79.0 Å². The van der Waals surface area contributed by atoms with E-state index in [4.69, 9.17) is 0 Å². The van der Waals surface area contributed by atoms with Crippen LogP contribution in [0.1, 0.15) is 24.2 Å². The van der Waals surface area contributed by atoms with Gasteiger partial charge in [-0.15, -0.1) is 23.5 Å². The number of rotatable bonds is 9. The molecule has 1 N–H and O–H groups in total. The first kappa shape index (κ1) is 24.2. The van der Waals surface area contributed by atoms with Gasteiger partial charge in [0, 0.05) is 21.9 Å². The smallest absolute Gasteiger partial charge is 0.264 e. The highest BCUT2D eigenvalue weighted by molar-refractivity contribution is 7.99. The molecular formula is C24H26N2O3S3. The van der Waals surface area contributed by atoms with Gasteiger partial charge in [-0.1, -0.05) is 19.1 Å².